The van der Waals surface area contributed by atoms with E-state index < -0.39 is 0 Å². The van der Waals surface area contributed by atoms with E-state index in [1.54, 1.807) is 14.2 Å². The van der Waals surface area contributed by atoms with Crippen molar-refractivity contribution in [3.8, 4) is 11.5 Å². The number of hydrogen-bond donors (Lipinski definition) is 1. The molecule has 0 spiro atoms. The Bertz CT molecular complexity index is 671. The van der Waals surface area contributed by atoms with E-state index in [1.165, 1.54) is 16.7 Å². The van der Waals surface area contributed by atoms with Crippen LogP contribution in [0.3, 0.4) is 0 Å². The lowest BCUT2D eigenvalue weighted by molar-refractivity contribution is 0.318. The topological polar surface area (TPSA) is 47.7 Å². The summed E-state index contributed by atoms with van der Waals surface area (Å²) in [7, 11) is 5.49. The maximum Gasteiger partial charge on any atom is 0.161 e. The number of benzene rings is 2. The molecular formula is C22H34N2O2. The average molecular weight is 359 g/mol. The van der Waals surface area contributed by atoms with Crippen LogP contribution in [0.15, 0.2) is 36.4 Å². The van der Waals surface area contributed by atoms with Gasteiger partial charge < -0.3 is 20.1 Å². The zero-order chi connectivity index (χ0) is 19.5. The highest BCUT2D eigenvalue weighted by atomic mass is 16.5. The fourth-order valence-corrected chi connectivity index (χ4v) is 2.86. The van der Waals surface area contributed by atoms with Crippen LogP contribution in [0, 0.1) is 6.92 Å². The number of anilines is 1. The van der Waals surface area contributed by atoms with Crippen molar-refractivity contribution in [3.05, 3.63) is 53.1 Å². The van der Waals surface area contributed by atoms with Crippen LogP contribution in [0.2, 0.25) is 0 Å². The van der Waals surface area contributed by atoms with Gasteiger partial charge in [0, 0.05) is 12.2 Å². The Morgan fingerprint density at radius 2 is 1.65 bits per heavy atom. The molecule has 0 unspecified atom stereocenters. The maximum atomic E-state index is 5.83. The van der Waals surface area contributed by atoms with Crippen LogP contribution in [-0.2, 0) is 13.0 Å². The van der Waals surface area contributed by atoms with E-state index in [-0.39, 0.29) is 0 Å². The molecule has 144 valence electrons. The number of rotatable bonds is 8. The van der Waals surface area contributed by atoms with Gasteiger partial charge in [-0.3, -0.25) is 0 Å². The van der Waals surface area contributed by atoms with E-state index in [1.807, 2.05) is 32.0 Å². The molecule has 2 aromatic carbocycles. The molecule has 2 N–H and O–H groups in total. The van der Waals surface area contributed by atoms with Gasteiger partial charge in [0.05, 0.1) is 14.2 Å². The lowest BCUT2D eigenvalue weighted by atomic mass is 10.1. The summed E-state index contributed by atoms with van der Waals surface area (Å²) in [6, 6.07) is 12.2. The summed E-state index contributed by atoms with van der Waals surface area (Å²) in [6.45, 7) is 8.03. The van der Waals surface area contributed by atoms with Crippen molar-refractivity contribution in [1.82, 2.24) is 4.90 Å². The first kappa shape index (κ1) is 21.8. The predicted molar refractivity (Wildman–Crippen MR) is 111 cm³/mol. The Hall–Kier alpha value is -2.20. The van der Waals surface area contributed by atoms with Crippen molar-refractivity contribution in [3.63, 3.8) is 0 Å². The third-order valence-electron chi connectivity index (χ3n) is 4.24. The lowest BCUT2D eigenvalue weighted by Crippen LogP contribution is -2.20. The van der Waals surface area contributed by atoms with Gasteiger partial charge in [0.2, 0.25) is 0 Å². The van der Waals surface area contributed by atoms with Crippen molar-refractivity contribution in [1.29, 1.82) is 0 Å². The second-order valence-corrected chi connectivity index (χ2v) is 6.22. The van der Waals surface area contributed by atoms with Crippen LogP contribution >= 0.6 is 0 Å². The quantitative estimate of drug-likeness (QED) is 0.696. The third-order valence-corrected chi connectivity index (χ3v) is 4.24. The second-order valence-electron chi connectivity index (χ2n) is 6.22. The van der Waals surface area contributed by atoms with Crippen molar-refractivity contribution in [2.45, 2.75) is 40.2 Å². The Morgan fingerprint density at radius 3 is 2.27 bits per heavy atom. The summed E-state index contributed by atoms with van der Waals surface area (Å²) in [5.74, 6) is 1.56. The molecule has 0 radical (unpaired) electrons. The van der Waals surface area contributed by atoms with Gasteiger partial charge in [-0.25, -0.2) is 0 Å². The molecule has 0 heterocycles. The molecular weight excluding hydrogens is 324 g/mol. The minimum atomic E-state index is 0.781. The van der Waals surface area contributed by atoms with E-state index >= 15 is 0 Å². The number of ether oxygens (including phenoxy) is 2. The lowest BCUT2D eigenvalue weighted by Gasteiger charge is -2.19. The Kier molecular flexibility index (Phi) is 9.60. The van der Waals surface area contributed by atoms with E-state index in [4.69, 9.17) is 15.2 Å². The third kappa shape index (κ3) is 6.60. The summed E-state index contributed by atoms with van der Waals surface area (Å²) < 4.78 is 10.8. The fourth-order valence-electron chi connectivity index (χ4n) is 2.86. The van der Waals surface area contributed by atoms with Crippen LogP contribution < -0.4 is 15.2 Å². The molecule has 2 rings (SSSR count). The van der Waals surface area contributed by atoms with E-state index in [9.17, 15) is 0 Å². The fraction of sp³-hybridized carbons (Fsp3) is 0.455. The molecule has 0 aromatic heterocycles. The SMILES string of the molecule is CC.COc1cc(C)c(CN(C)CCCc2cccc(N)c2)cc1OC. The van der Waals surface area contributed by atoms with Gasteiger partial charge in [0.25, 0.3) is 0 Å². The van der Waals surface area contributed by atoms with Gasteiger partial charge >= 0.3 is 0 Å². The summed E-state index contributed by atoms with van der Waals surface area (Å²) in [5, 5.41) is 0. The van der Waals surface area contributed by atoms with E-state index in [2.05, 4.69) is 37.1 Å². The largest absolute Gasteiger partial charge is 0.493 e. The molecule has 4 nitrogen and oxygen atoms in total. The monoisotopic (exact) mass is 358 g/mol. The van der Waals surface area contributed by atoms with Crippen molar-refractivity contribution in [2.75, 3.05) is 33.5 Å². The van der Waals surface area contributed by atoms with Crippen LogP contribution in [0.5, 0.6) is 11.5 Å². The summed E-state index contributed by atoms with van der Waals surface area (Å²) in [6.07, 6.45) is 2.15. The predicted octanol–water partition coefficient (Wildman–Crippen LogP) is 4.69. The molecule has 0 fully saturated rings. The van der Waals surface area contributed by atoms with Crippen LogP contribution in [0.1, 0.15) is 37.0 Å². The number of aryl methyl sites for hydroxylation is 2. The normalized spacial score (nSPS) is 10.3. The molecule has 2 aromatic rings. The highest BCUT2D eigenvalue weighted by Crippen LogP contribution is 2.30. The minimum Gasteiger partial charge on any atom is -0.493 e. The van der Waals surface area contributed by atoms with Gasteiger partial charge in [-0.15, -0.1) is 0 Å². The van der Waals surface area contributed by atoms with E-state index in [0.717, 1.165) is 43.1 Å². The average Bonchev–Trinajstić information content (AvgIpc) is 2.64. The molecule has 0 saturated carbocycles. The number of nitrogen functional groups attached to an aromatic ring is 1. The van der Waals surface area contributed by atoms with Gasteiger partial charge in [-0.05, 0) is 74.3 Å². The molecule has 26 heavy (non-hydrogen) atoms. The molecule has 0 atom stereocenters. The highest BCUT2D eigenvalue weighted by Gasteiger charge is 2.10. The second kappa shape index (κ2) is 11.4. The molecule has 0 aliphatic rings. The molecule has 0 aliphatic heterocycles. The smallest absolute Gasteiger partial charge is 0.161 e. The first-order valence-corrected chi connectivity index (χ1v) is 9.28. The molecule has 0 saturated heterocycles. The van der Waals surface area contributed by atoms with Gasteiger partial charge in [0.1, 0.15) is 0 Å². The molecule has 0 amide bonds. The first-order valence-electron chi connectivity index (χ1n) is 9.28. The van der Waals surface area contributed by atoms with Crippen molar-refractivity contribution >= 4 is 5.69 Å². The van der Waals surface area contributed by atoms with Crippen molar-refractivity contribution in [2.24, 2.45) is 0 Å². The summed E-state index contributed by atoms with van der Waals surface area (Å²) >= 11 is 0. The number of hydrogen-bond acceptors (Lipinski definition) is 4. The molecule has 0 bridgehead atoms. The summed E-state index contributed by atoms with van der Waals surface area (Å²) in [4.78, 5) is 2.33. The van der Waals surface area contributed by atoms with Crippen LogP contribution in [0.25, 0.3) is 0 Å². The number of nitrogens with two attached hydrogens (primary N) is 1. The van der Waals surface area contributed by atoms with Crippen molar-refractivity contribution < 1.29 is 9.47 Å². The minimum absolute atomic E-state index is 0.781. The number of methoxy groups -OCH3 is 2. The zero-order valence-corrected chi connectivity index (χ0v) is 17.1. The first-order chi connectivity index (χ1) is 12.5. The Morgan fingerprint density at radius 1 is 1.00 bits per heavy atom. The molecule has 4 heteroatoms. The Labute approximate surface area is 158 Å². The maximum absolute atomic E-state index is 5.83. The molecule has 0 aliphatic carbocycles. The summed E-state index contributed by atoms with van der Waals surface area (Å²) in [5.41, 5.74) is 10.4. The Balaban J connectivity index is 0.00000163. The van der Waals surface area contributed by atoms with Gasteiger partial charge in [-0.2, -0.15) is 0 Å². The van der Waals surface area contributed by atoms with Gasteiger partial charge in [-0.1, -0.05) is 26.0 Å². The number of nitrogens with zero attached hydrogens (tertiary/aromatic N) is 1. The van der Waals surface area contributed by atoms with Gasteiger partial charge in [0.15, 0.2) is 11.5 Å². The zero-order valence-electron chi connectivity index (χ0n) is 17.1. The van der Waals surface area contributed by atoms with E-state index in [0.29, 0.717) is 0 Å². The van der Waals surface area contributed by atoms with Crippen LogP contribution in [-0.4, -0.2) is 32.7 Å². The standard InChI is InChI=1S/C20H28N2O2.C2H6/c1-15-11-19(23-3)20(24-4)13-17(15)14-22(2)10-6-8-16-7-5-9-18(21)12-16;1-2/h5,7,9,11-13H,6,8,10,14,21H2,1-4H3;1-2H3. The van der Waals surface area contributed by atoms with Crippen LogP contribution in [0.4, 0.5) is 5.69 Å². The highest BCUT2D eigenvalue weighted by molar-refractivity contribution is 5.47.